The second-order valence-electron chi connectivity index (χ2n) is 2.28. The Morgan fingerprint density at radius 3 is 1.54 bits per heavy atom. The number of nitrogens with two attached hydrogens (primary N) is 1. The molecule has 2 heteroatoms. The molecule has 84 valence electrons. The van der Waals surface area contributed by atoms with Gasteiger partial charge < -0.3 is 10.8 Å². The smallest absolute Gasteiger partial charge is 0.0431 e. The van der Waals surface area contributed by atoms with Crippen molar-refractivity contribution >= 4 is 0 Å². The van der Waals surface area contributed by atoms with Crippen LogP contribution in [0.4, 0.5) is 0 Å². The van der Waals surface area contributed by atoms with E-state index in [1.807, 2.05) is 27.7 Å². The van der Waals surface area contributed by atoms with Crippen LogP contribution < -0.4 is 5.73 Å². The minimum atomic E-state index is 0.336. The maximum absolute atomic E-state index is 8.40. The lowest BCUT2D eigenvalue weighted by atomic mass is 10.1. The normalized spacial score (nSPS) is 7.85. The van der Waals surface area contributed by atoms with Gasteiger partial charge in [0.1, 0.15) is 0 Å². The van der Waals surface area contributed by atoms with Crippen LogP contribution in [0.1, 0.15) is 59.8 Å². The highest BCUT2D eigenvalue weighted by Gasteiger charge is 1.86. The van der Waals surface area contributed by atoms with Crippen LogP contribution >= 0.6 is 0 Å². The molecule has 13 heavy (non-hydrogen) atoms. The second-order valence-corrected chi connectivity index (χ2v) is 2.28. The Bertz CT molecular complexity index is 43.4. The van der Waals surface area contributed by atoms with Crippen LogP contribution in [0.2, 0.25) is 0 Å². The highest BCUT2D eigenvalue weighted by Crippen LogP contribution is 2.00. The van der Waals surface area contributed by atoms with Crippen molar-refractivity contribution in [2.24, 2.45) is 5.73 Å². The van der Waals surface area contributed by atoms with E-state index >= 15 is 0 Å². The molecule has 0 unspecified atom stereocenters. The van der Waals surface area contributed by atoms with E-state index in [1.165, 1.54) is 12.8 Å². The molecule has 0 fully saturated rings. The highest BCUT2D eigenvalue weighted by atomic mass is 16.2. The van der Waals surface area contributed by atoms with Crippen LogP contribution in [-0.2, 0) is 0 Å². The van der Waals surface area contributed by atoms with Crippen molar-refractivity contribution in [3.63, 3.8) is 0 Å². The molecular weight excluding hydrogens is 162 g/mol. The quantitative estimate of drug-likeness (QED) is 0.634. The second kappa shape index (κ2) is 29.7. The molecule has 0 aliphatic heterocycles. The van der Waals surface area contributed by atoms with Crippen molar-refractivity contribution in [2.45, 2.75) is 59.8 Å². The predicted molar refractivity (Wildman–Crippen MR) is 61.9 cm³/mol. The Balaban J connectivity index is -0.000000218. The summed E-state index contributed by atoms with van der Waals surface area (Å²) >= 11 is 0. The molecule has 0 aliphatic carbocycles. The summed E-state index contributed by atoms with van der Waals surface area (Å²) in [6, 6.07) is 0. The fourth-order valence-electron chi connectivity index (χ4n) is 0.786. The molecule has 0 aliphatic rings. The van der Waals surface area contributed by atoms with Crippen molar-refractivity contribution in [1.29, 1.82) is 0 Å². The molecule has 0 saturated carbocycles. The lowest BCUT2D eigenvalue weighted by Crippen LogP contribution is -1.97. The van der Waals surface area contributed by atoms with Crippen LogP contribution in [-0.4, -0.2) is 18.3 Å². The van der Waals surface area contributed by atoms with Gasteiger partial charge in [0.2, 0.25) is 0 Å². The highest BCUT2D eigenvalue weighted by molar-refractivity contribution is 4.43. The van der Waals surface area contributed by atoms with Gasteiger partial charge >= 0.3 is 0 Å². The van der Waals surface area contributed by atoms with Gasteiger partial charge in [-0.25, -0.2) is 0 Å². The molecule has 0 radical (unpaired) electrons. The van der Waals surface area contributed by atoms with Gasteiger partial charge in [0.15, 0.2) is 0 Å². The molecule has 0 aromatic heterocycles. The van der Waals surface area contributed by atoms with E-state index in [-0.39, 0.29) is 0 Å². The van der Waals surface area contributed by atoms with Gasteiger partial charge in [0.25, 0.3) is 0 Å². The first-order valence-electron chi connectivity index (χ1n) is 5.72. The maximum Gasteiger partial charge on any atom is 0.0431 e. The van der Waals surface area contributed by atoms with Gasteiger partial charge in [-0.05, 0) is 19.4 Å². The van der Waals surface area contributed by atoms with E-state index in [0.717, 1.165) is 25.8 Å². The Kier molecular flexibility index (Phi) is 42.6. The van der Waals surface area contributed by atoms with Crippen molar-refractivity contribution in [3.8, 4) is 0 Å². The third-order valence-corrected chi connectivity index (χ3v) is 1.36. The minimum absolute atomic E-state index is 0.336. The number of aliphatic hydroxyl groups is 1. The van der Waals surface area contributed by atoms with E-state index in [1.54, 1.807) is 0 Å². The van der Waals surface area contributed by atoms with Crippen molar-refractivity contribution < 1.29 is 5.11 Å². The zero-order chi connectivity index (χ0) is 10.9. The topological polar surface area (TPSA) is 46.2 Å². The van der Waals surface area contributed by atoms with Crippen LogP contribution in [0.3, 0.4) is 0 Å². The SMILES string of the molecule is CC.CC.NCCCCCCCO. The Hall–Kier alpha value is -0.0800. The van der Waals surface area contributed by atoms with Gasteiger partial charge in [-0.15, -0.1) is 0 Å². The average Bonchev–Trinajstić information content (AvgIpc) is 2.24. The van der Waals surface area contributed by atoms with Gasteiger partial charge in [0.05, 0.1) is 0 Å². The van der Waals surface area contributed by atoms with Crippen molar-refractivity contribution in [3.05, 3.63) is 0 Å². The first-order chi connectivity index (χ1) is 6.41. The summed E-state index contributed by atoms with van der Waals surface area (Å²) in [5.41, 5.74) is 5.29. The minimum Gasteiger partial charge on any atom is -0.396 e. The molecule has 0 atom stereocenters. The van der Waals surface area contributed by atoms with E-state index in [4.69, 9.17) is 10.8 Å². The Morgan fingerprint density at radius 1 is 0.769 bits per heavy atom. The van der Waals surface area contributed by atoms with E-state index in [2.05, 4.69) is 0 Å². The summed E-state index contributed by atoms with van der Waals surface area (Å²) in [5, 5.41) is 8.40. The molecule has 0 aromatic rings. The first-order valence-corrected chi connectivity index (χ1v) is 5.72. The third-order valence-electron chi connectivity index (χ3n) is 1.36. The molecule has 0 heterocycles. The molecule has 3 N–H and O–H groups in total. The third kappa shape index (κ3) is 33.5. The van der Waals surface area contributed by atoms with Gasteiger partial charge in [0, 0.05) is 6.61 Å². The summed E-state index contributed by atoms with van der Waals surface area (Å²) in [7, 11) is 0. The molecule has 0 amide bonds. The monoisotopic (exact) mass is 191 g/mol. The summed E-state index contributed by atoms with van der Waals surface area (Å²) in [5.74, 6) is 0. The maximum atomic E-state index is 8.40. The summed E-state index contributed by atoms with van der Waals surface area (Å²) in [4.78, 5) is 0. The summed E-state index contributed by atoms with van der Waals surface area (Å²) in [6.45, 7) is 9.14. The Morgan fingerprint density at radius 2 is 1.15 bits per heavy atom. The molecule has 0 rings (SSSR count). The fraction of sp³-hybridized carbons (Fsp3) is 1.00. The summed E-state index contributed by atoms with van der Waals surface area (Å²) in [6.07, 6.45) is 5.67. The van der Waals surface area contributed by atoms with Crippen molar-refractivity contribution in [2.75, 3.05) is 13.2 Å². The van der Waals surface area contributed by atoms with Gasteiger partial charge in [-0.3, -0.25) is 0 Å². The first kappa shape index (κ1) is 18.7. The number of hydrogen-bond donors (Lipinski definition) is 2. The van der Waals surface area contributed by atoms with Gasteiger partial charge in [-0.2, -0.15) is 0 Å². The van der Waals surface area contributed by atoms with E-state index in [0.29, 0.717) is 6.61 Å². The lowest BCUT2D eigenvalue weighted by Gasteiger charge is -1.95. The summed E-state index contributed by atoms with van der Waals surface area (Å²) < 4.78 is 0. The number of hydrogen-bond acceptors (Lipinski definition) is 2. The molecule has 2 nitrogen and oxygen atoms in total. The Labute approximate surface area is 84.5 Å². The predicted octanol–water partition coefficient (Wildman–Crippen LogP) is 2.94. The van der Waals surface area contributed by atoms with Crippen LogP contribution in [0.25, 0.3) is 0 Å². The molecule has 0 spiro atoms. The number of rotatable bonds is 6. The zero-order valence-corrected chi connectivity index (χ0v) is 9.97. The lowest BCUT2D eigenvalue weighted by molar-refractivity contribution is 0.282. The van der Waals surface area contributed by atoms with Crippen LogP contribution in [0.5, 0.6) is 0 Å². The molecule has 0 aromatic carbocycles. The van der Waals surface area contributed by atoms with Crippen LogP contribution in [0, 0.1) is 0 Å². The number of aliphatic hydroxyl groups excluding tert-OH is 1. The van der Waals surface area contributed by atoms with Gasteiger partial charge in [-0.1, -0.05) is 47.0 Å². The van der Waals surface area contributed by atoms with Crippen LogP contribution in [0.15, 0.2) is 0 Å². The zero-order valence-electron chi connectivity index (χ0n) is 9.97. The fourth-order valence-corrected chi connectivity index (χ4v) is 0.786. The van der Waals surface area contributed by atoms with E-state index in [9.17, 15) is 0 Å². The molecule has 0 bridgehead atoms. The molecule has 0 saturated heterocycles. The number of unbranched alkanes of at least 4 members (excludes halogenated alkanes) is 4. The average molecular weight is 191 g/mol. The largest absolute Gasteiger partial charge is 0.396 e. The van der Waals surface area contributed by atoms with E-state index < -0.39 is 0 Å². The molecular formula is C11H29NO. The standard InChI is InChI=1S/C7H17NO.2C2H6/c8-6-4-2-1-3-5-7-9;2*1-2/h9H,1-8H2;2*1-2H3. The van der Waals surface area contributed by atoms with Crippen molar-refractivity contribution in [1.82, 2.24) is 0 Å².